The average Bonchev–Trinajstić information content (AvgIpc) is 3.05. The summed E-state index contributed by atoms with van der Waals surface area (Å²) in [6.45, 7) is 0. The number of rotatable bonds is 1. The first-order valence-corrected chi connectivity index (χ1v) is 5.77. The lowest BCUT2D eigenvalue weighted by atomic mass is 10.0. The van der Waals surface area contributed by atoms with Crippen LogP contribution in [0.2, 0.25) is 0 Å². The number of nitrogens with zero attached hydrogens (tertiary/aromatic N) is 2. The molecule has 18 heavy (non-hydrogen) atoms. The highest BCUT2D eigenvalue weighted by Crippen LogP contribution is 2.29. The molecule has 0 amide bonds. The third kappa shape index (κ3) is 1.26. The molecule has 0 saturated carbocycles. The van der Waals surface area contributed by atoms with Gasteiger partial charge in [-0.1, -0.05) is 24.3 Å². The van der Waals surface area contributed by atoms with E-state index in [0.717, 1.165) is 21.8 Å². The second-order valence-electron chi connectivity index (χ2n) is 4.31. The minimum atomic E-state index is 1.05. The van der Waals surface area contributed by atoms with Crippen LogP contribution in [0, 0.1) is 0 Å². The Hall–Kier alpha value is -2.62. The zero-order chi connectivity index (χ0) is 11.9. The molecular formula is C14H10N4. The maximum atomic E-state index is 4.09. The van der Waals surface area contributed by atoms with E-state index in [0.29, 0.717) is 0 Å². The molecule has 0 radical (unpaired) electrons. The van der Waals surface area contributed by atoms with Gasteiger partial charge < -0.3 is 0 Å². The van der Waals surface area contributed by atoms with Gasteiger partial charge in [0.05, 0.1) is 23.4 Å². The van der Waals surface area contributed by atoms with Gasteiger partial charge in [0.2, 0.25) is 0 Å². The van der Waals surface area contributed by atoms with Crippen molar-refractivity contribution in [2.75, 3.05) is 0 Å². The summed E-state index contributed by atoms with van der Waals surface area (Å²) in [6, 6.07) is 12.5. The topological polar surface area (TPSA) is 57.4 Å². The normalized spacial score (nSPS) is 11.3. The number of aromatic amines is 2. The average molecular weight is 234 g/mol. The predicted molar refractivity (Wildman–Crippen MR) is 71.2 cm³/mol. The largest absolute Gasteiger partial charge is 0.278 e. The number of benzene rings is 2. The summed E-state index contributed by atoms with van der Waals surface area (Å²) in [6.07, 6.45) is 3.69. The smallest absolute Gasteiger partial charge is 0.0656 e. The third-order valence-electron chi connectivity index (χ3n) is 3.24. The van der Waals surface area contributed by atoms with Crippen LogP contribution >= 0.6 is 0 Å². The minimum Gasteiger partial charge on any atom is -0.278 e. The summed E-state index contributed by atoms with van der Waals surface area (Å²) in [5, 5.41) is 16.4. The van der Waals surface area contributed by atoms with Crippen LogP contribution in [0.25, 0.3) is 32.9 Å². The summed E-state index contributed by atoms with van der Waals surface area (Å²) in [4.78, 5) is 0. The van der Waals surface area contributed by atoms with Crippen LogP contribution in [0.1, 0.15) is 0 Å². The molecule has 4 aromatic rings. The van der Waals surface area contributed by atoms with Gasteiger partial charge in [-0.3, -0.25) is 10.2 Å². The van der Waals surface area contributed by atoms with Crippen molar-refractivity contribution < 1.29 is 0 Å². The molecule has 0 bridgehead atoms. The molecule has 2 heterocycles. The Balaban J connectivity index is 2.03. The fourth-order valence-electron chi connectivity index (χ4n) is 2.32. The van der Waals surface area contributed by atoms with E-state index in [4.69, 9.17) is 0 Å². The molecule has 4 heteroatoms. The number of aromatic nitrogens is 4. The maximum absolute atomic E-state index is 4.09. The molecule has 0 aliphatic rings. The molecule has 0 fully saturated rings. The van der Waals surface area contributed by atoms with Crippen molar-refractivity contribution in [3.63, 3.8) is 0 Å². The second-order valence-corrected chi connectivity index (χ2v) is 4.31. The van der Waals surface area contributed by atoms with Crippen molar-refractivity contribution in [1.82, 2.24) is 20.4 Å². The Morgan fingerprint density at radius 1 is 0.833 bits per heavy atom. The predicted octanol–water partition coefficient (Wildman–Crippen LogP) is 3.11. The molecule has 2 aromatic heterocycles. The van der Waals surface area contributed by atoms with Gasteiger partial charge in [0.1, 0.15) is 0 Å². The quantitative estimate of drug-likeness (QED) is 0.531. The van der Waals surface area contributed by atoms with E-state index < -0.39 is 0 Å². The minimum absolute atomic E-state index is 1.05. The van der Waals surface area contributed by atoms with Gasteiger partial charge in [-0.05, 0) is 23.3 Å². The van der Waals surface area contributed by atoms with Crippen molar-refractivity contribution in [3.8, 4) is 11.1 Å². The Morgan fingerprint density at radius 2 is 1.72 bits per heavy atom. The van der Waals surface area contributed by atoms with Crippen LogP contribution in [0.15, 0.2) is 48.8 Å². The summed E-state index contributed by atoms with van der Waals surface area (Å²) < 4.78 is 0. The van der Waals surface area contributed by atoms with Gasteiger partial charge in [-0.25, -0.2) is 0 Å². The molecule has 2 N–H and O–H groups in total. The number of hydrogen-bond donors (Lipinski definition) is 2. The standard InChI is InChI=1S/C14H10N4/c1-2-11(12-8-16-17-13(12)3-1)9-4-5-10-7-15-18-14(10)6-9/h1-8H,(H,15,18)(H,16,17). The number of fused-ring (bicyclic) bond motifs is 2. The van der Waals surface area contributed by atoms with Gasteiger partial charge >= 0.3 is 0 Å². The van der Waals surface area contributed by atoms with E-state index in [-0.39, 0.29) is 0 Å². The van der Waals surface area contributed by atoms with E-state index in [1.54, 1.807) is 0 Å². The summed E-state index contributed by atoms with van der Waals surface area (Å²) in [5.74, 6) is 0. The lowest BCUT2D eigenvalue weighted by molar-refractivity contribution is 1.12. The molecule has 0 aliphatic carbocycles. The van der Waals surface area contributed by atoms with Gasteiger partial charge in [0, 0.05) is 10.8 Å². The first-order chi connectivity index (χ1) is 8.92. The van der Waals surface area contributed by atoms with Crippen molar-refractivity contribution in [3.05, 3.63) is 48.8 Å². The molecule has 0 atom stereocenters. The van der Waals surface area contributed by atoms with E-state index in [1.807, 2.05) is 24.5 Å². The fourth-order valence-corrected chi connectivity index (χ4v) is 2.32. The molecule has 4 rings (SSSR count). The van der Waals surface area contributed by atoms with Gasteiger partial charge in [0.25, 0.3) is 0 Å². The van der Waals surface area contributed by atoms with Crippen LogP contribution in [-0.2, 0) is 0 Å². The van der Waals surface area contributed by atoms with Crippen molar-refractivity contribution in [2.45, 2.75) is 0 Å². The number of H-pyrrole nitrogens is 2. The highest BCUT2D eigenvalue weighted by atomic mass is 15.1. The van der Waals surface area contributed by atoms with Crippen molar-refractivity contribution >= 4 is 21.8 Å². The van der Waals surface area contributed by atoms with Crippen molar-refractivity contribution in [2.24, 2.45) is 0 Å². The third-order valence-corrected chi connectivity index (χ3v) is 3.24. The van der Waals surface area contributed by atoms with E-state index >= 15 is 0 Å². The molecule has 86 valence electrons. The zero-order valence-electron chi connectivity index (χ0n) is 9.51. The van der Waals surface area contributed by atoms with Gasteiger partial charge in [0.15, 0.2) is 0 Å². The first kappa shape index (κ1) is 9.41. The van der Waals surface area contributed by atoms with Crippen LogP contribution in [0.5, 0.6) is 0 Å². The molecule has 0 spiro atoms. The van der Waals surface area contributed by atoms with Crippen LogP contribution < -0.4 is 0 Å². The van der Waals surface area contributed by atoms with E-state index in [9.17, 15) is 0 Å². The lowest BCUT2D eigenvalue weighted by Gasteiger charge is -2.03. The van der Waals surface area contributed by atoms with Crippen LogP contribution in [0.3, 0.4) is 0 Å². The maximum Gasteiger partial charge on any atom is 0.0656 e. The SMILES string of the molecule is c1cc(-c2ccc3cn[nH]c3c2)c2cn[nH]c2c1. The zero-order valence-corrected chi connectivity index (χ0v) is 9.51. The number of hydrogen-bond acceptors (Lipinski definition) is 2. The number of nitrogens with one attached hydrogen (secondary N) is 2. The first-order valence-electron chi connectivity index (χ1n) is 5.77. The summed E-state index contributed by atoms with van der Waals surface area (Å²) in [7, 11) is 0. The molecule has 4 nitrogen and oxygen atoms in total. The second kappa shape index (κ2) is 3.43. The van der Waals surface area contributed by atoms with E-state index in [1.165, 1.54) is 11.1 Å². The highest BCUT2D eigenvalue weighted by Gasteiger charge is 2.06. The highest BCUT2D eigenvalue weighted by molar-refractivity contribution is 5.96. The van der Waals surface area contributed by atoms with Crippen LogP contribution in [-0.4, -0.2) is 20.4 Å². The molecule has 2 aromatic carbocycles. The lowest BCUT2D eigenvalue weighted by Crippen LogP contribution is -1.79. The Morgan fingerprint density at radius 3 is 2.72 bits per heavy atom. The molecule has 0 saturated heterocycles. The molecule has 0 unspecified atom stereocenters. The summed E-state index contributed by atoms with van der Waals surface area (Å²) in [5.41, 5.74) is 4.45. The van der Waals surface area contributed by atoms with Gasteiger partial charge in [-0.2, -0.15) is 10.2 Å². The van der Waals surface area contributed by atoms with E-state index in [2.05, 4.69) is 44.7 Å². The molecule has 0 aliphatic heterocycles. The Labute approximate surface area is 103 Å². The Bertz CT molecular complexity index is 841. The van der Waals surface area contributed by atoms with Crippen molar-refractivity contribution in [1.29, 1.82) is 0 Å². The van der Waals surface area contributed by atoms with Gasteiger partial charge in [-0.15, -0.1) is 0 Å². The fraction of sp³-hybridized carbons (Fsp3) is 0. The molecular weight excluding hydrogens is 224 g/mol. The Kier molecular flexibility index (Phi) is 1.80. The monoisotopic (exact) mass is 234 g/mol. The summed E-state index contributed by atoms with van der Waals surface area (Å²) >= 11 is 0. The van der Waals surface area contributed by atoms with Crippen LogP contribution in [0.4, 0.5) is 0 Å².